The molecule has 3 saturated carbocycles. The molecular formula is C12H22. The zero-order valence-corrected chi connectivity index (χ0v) is 8.60. The van der Waals surface area contributed by atoms with Gasteiger partial charge in [0.1, 0.15) is 0 Å². The van der Waals surface area contributed by atoms with Crippen LogP contribution in [-0.4, -0.2) is 0 Å². The highest BCUT2D eigenvalue weighted by Crippen LogP contribution is 2.55. The first-order chi connectivity index (χ1) is 5.80. The Kier molecular flexibility index (Phi) is 2.18. The Labute approximate surface area is 76.7 Å². The van der Waals surface area contributed by atoms with Gasteiger partial charge in [0.2, 0.25) is 0 Å². The van der Waals surface area contributed by atoms with Crippen molar-refractivity contribution < 1.29 is 0 Å². The summed E-state index contributed by atoms with van der Waals surface area (Å²) in [6, 6.07) is 0. The van der Waals surface area contributed by atoms with Gasteiger partial charge in [-0.1, -0.05) is 39.5 Å². The molecule has 0 heteroatoms. The van der Waals surface area contributed by atoms with Crippen molar-refractivity contribution in [1.82, 2.24) is 0 Å². The molecule has 70 valence electrons. The monoisotopic (exact) mass is 166 g/mol. The van der Waals surface area contributed by atoms with Crippen molar-refractivity contribution >= 4 is 0 Å². The first kappa shape index (κ1) is 8.59. The van der Waals surface area contributed by atoms with Gasteiger partial charge in [0.15, 0.2) is 0 Å². The lowest BCUT2D eigenvalue weighted by Gasteiger charge is -2.51. The van der Waals surface area contributed by atoms with E-state index < -0.39 is 0 Å². The molecule has 0 N–H and O–H groups in total. The molecule has 0 heterocycles. The summed E-state index contributed by atoms with van der Waals surface area (Å²) in [5.74, 6) is 2.20. The van der Waals surface area contributed by atoms with Gasteiger partial charge < -0.3 is 0 Å². The van der Waals surface area contributed by atoms with Gasteiger partial charge in [0, 0.05) is 0 Å². The van der Waals surface area contributed by atoms with Gasteiger partial charge in [-0.05, 0) is 36.5 Å². The quantitative estimate of drug-likeness (QED) is 0.581. The molecule has 0 aromatic carbocycles. The van der Waals surface area contributed by atoms with Crippen molar-refractivity contribution in [3.8, 4) is 0 Å². The molecule has 3 aliphatic rings. The first-order valence-corrected chi connectivity index (χ1v) is 5.80. The van der Waals surface area contributed by atoms with Crippen LogP contribution in [0.5, 0.6) is 0 Å². The van der Waals surface area contributed by atoms with Crippen LogP contribution in [0.2, 0.25) is 0 Å². The van der Waals surface area contributed by atoms with Gasteiger partial charge >= 0.3 is 0 Å². The number of fused-ring (bicyclic) bond motifs is 3. The molecule has 0 atom stereocenters. The molecule has 0 saturated heterocycles. The van der Waals surface area contributed by atoms with Gasteiger partial charge in [-0.25, -0.2) is 0 Å². The third-order valence-corrected chi connectivity index (χ3v) is 4.82. The lowest BCUT2D eigenvalue weighted by molar-refractivity contribution is -0.00547. The second kappa shape index (κ2) is 3.05. The summed E-state index contributed by atoms with van der Waals surface area (Å²) in [7, 11) is 0. The van der Waals surface area contributed by atoms with Gasteiger partial charge in [-0.2, -0.15) is 0 Å². The zero-order valence-electron chi connectivity index (χ0n) is 8.60. The molecule has 0 nitrogen and oxygen atoms in total. The Hall–Kier alpha value is 0. The molecule has 0 spiro atoms. The summed E-state index contributed by atoms with van der Waals surface area (Å²) in [6.07, 6.45) is 10.6. The summed E-state index contributed by atoms with van der Waals surface area (Å²) < 4.78 is 0. The van der Waals surface area contributed by atoms with E-state index in [1.807, 2.05) is 0 Å². The van der Waals surface area contributed by atoms with Crippen molar-refractivity contribution in [2.75, 3.05) is 0 Å². The molecule has 3 aliphatic carbocycles. The van der Waals surface area contributed by atoms with Crippen molar-refractivity contribution in [3.63, 3.8) is 0 Å². The lowest BCUT2D eigenvalue weighted by atomic mass is 9.54. The minimum Gasteiger partial charge on any atom is -0.0648 e. The van der Waals surface area contributed by atoms with Crippen molar-refractivity contribution in [2.24, 2.45) is 17.3 Å². The van der Waals surface area contributed by atoms with E-state index in [-0.39, 0.29) is 0 Å². The van der Waals surface area contributed by atoms with Crippen LogP contribution in [0.1, 0.15) is 58.8 Å². The summed E-state index contributed by atoms with van der Waals surface area (Å²) in [6.45, 7) is 4.81. The fourth-order valence-electron chi connectivity index (χ4n) is 3.84. The molecular weight excluding hydrogens is 144 g/mol. The lowest BCUT2D eigenvalue weighted by Crippen LogP contribution is -2.40. The predicted octanol–water partition coefficient (Wildman–Crippen LogP) is 4.00. The van der Waals surface area contributed by atoms with Crippen LogP contribution in [0.3, 0.4) is 0 Å². The van der Waals surface area contributed by atoms with Crippen LogP contribution >= 0.6 is 0 Å². The van der Waals surface area contributed by atoms with E-state index in [0.29, 0.717) is 0 Å². The van der Waals surface area contributed by atoms with Gasteiger partial charge in [-0.3, -0.25) is 0 Å². The summed E-state index contributed by atoms with van der Waals surface area (Å²) in [4.78, 5) is 0. The largest absolute Gasteiger partial charge is 0.0648 e. The molecule has 0 radical (unpaired) electrons. The Morgan fingerprint density at radius 3 is 1.83 bits per heavy atom. The fourth-order valence-corrected chi connectivity index (χ4v) is 3.84. The van der Waals surface area contributed by atoms with Crippen LogP contribution in [0.15, 0.2) is 0 Å². The standard InChI is InChI=1S/C12H22/c1-3-12(4-2)9-10-5-7-11(12)8-6-10/h10-11H,3-9H2,1-2H3. The van der Waals surface area contributed by atoms with Gasteiger partial charge in [0.25, 0.3) is 0 Å². The molecule has 0 amide bonds. The van der Waals surface area contributed by atoms with Crippen LogP contribution in [-0.2, 0) is 0 Å². The van der Waals surface area contributed by atoms with Crippen molar-refractivity contribution in [3.05, 3.63) is 0 Å². The molecule has 0 unspecified atom stereocenters. The maximum absolute atomic E-state index is 2.41. The third kappa shape index (κ3) is 1.11. The average Bonchev–Trinajstić information content (AvgIpc) is 2.19. The molecule has 12 heavy (non-hydrogen) atoms. The molecule has 0 aliphatic heterocycles. The third-order valence-electron chi connectivity index (χ3n) is 4.82. The Morgan fingerprint density at radius 1 is 1.00 bits per heavy atom. The van der Waals surface area contributed by atoms with Crippen LogP contribution in [0, 0.1) is 17.3 Å². The van der Waals surface area contributed by atoms with E-state index in [1.54, 1.807) is 32.1 Å². The maximum atomic E-state index is 2.41. The van der Waals surface area contributed by atoms with Gasteiger partial charge in [0.05, 0.1) is 0 Å². The van der Waals surface area contributed by atoms with Crippen LogP contribution in [0.4, 0.5) is 0 Å². The van der Waals surface area contributed by atoms with E-state index >= 15 is 0 Å². The van der Waals surface area contributed by atoms with E-state index in [2.05, 4.69) is 13.8 Å². The van der Waals surface area contributed by atoms with E-state index in [9.17, 15) is 0 Å². The van der Waals surface area contributed by atoms with Crippen LogP contribution < -0.4 is 0 Å². The number of rotatable bonds is 2. The molecule has 3 rings (SSSR count). The van der Waals surface area contributed by atoms with Gasteiger partial charge in [-0.15, -0.1) is 0 Å². The van der Waals surface area contributed by atoms with E-state index in [0.717, 1.165) is 17.3 Å². The highest BCUT2D eigenvalue weighted by atomic mass is 14.5. The second-order valence-corrected chi connectivity index (χ2v) is 4.99. The minimum atomic E-state index is 0.779. The number of hydrogen-bond acceptors (Lipinski definition) is 0. The normalized spacial score (nSPS) is 38.5. The number of hydrogen-bond donors (Lipinski definition) is 0. The molecule has 2 bridgehead atoms. The molecule has 0 aromatic heterocycles. The minimum absolute atomic E-state index is 0.779. The van der Waals surface area contributed by atoms with Crippen molar-refractivity contribution in [1.29, 1.82) is 0 Å². The predicted molar refractivity (Wildman–Crippen MR) is 53.1 cm³/mol. The van der Waals surface area contributed by atoms with Crippen molar-refractivity contribution in [2.45, 2.75) is 58.8 Å². The molecule has 0 aromatic rings. The topological polar surface area (TPSA) is 0 Å². The average molecular weight is 166 g/mol. The highest BCUT2D eigenvalue weighted by Gasteiger charge is 2.44. The maximum Gasteiger partial charge on any atom is -0.0272 e. The SMILES string of the molecule is CCC1(CC)CC2CCC1CC2. The highest BCUT2D eigenvalue weighted by molar-refractivity contribution is 4.95. The smallest absolute Gasteiger partial charge is 0.0272 e. The fraction of sp³-hybridized carbons (Fsp3) is 1.00. The Bertz CT molecular complexity index is 147. The summed E-state index contributed by atoms with van der Waals surface area (Å²) in [5, 5.41) is 0. The Morgan fingerprint density at radius 2 is 1.58 bits per heavy atom. The Balaban J connectivity index is 2.15. The first-order valence-electron chi connectivity index (χ1n) is 5.80. The zero-order chi connectivity index (χ0) is 8.60. The molecule has 3 fully saturated rings. The summed E-state index contributed by atoms with van der Waals surface area (Å²) in [5.41, 5.74) is 0.779. The second-order valence-electron chi connectivity index (χ2n) is 4.99. The summed E-state index contributed by atoms with van der Waals surface area (Å²) >= 11 is 0. The van der Waals surface area contributed by atoms with Crippen LogP contribution in [0.25, 0.3) is 0 Å². The van der Waals surface area contributed by atoms with E-state index in [4.69, 9.17) is 0 Å². The van der Waals surface area contributed by atoms with E-state index in [1.165, 1.54) is 12.8 Å².